The molecule has 5 heteroatoms. The van der Waals surface area contributed by atoms with Crippen molar-refractivity contribution in [3.05, 3.63) is 35.9 Å². The van der Waals surface area contributed by atoms with Crippen LogP contribution >= 0.6 is 0 Å². The molecule has 2 unspecified atom stereocenters. The van der Waals surface area contributed by atoms with Crippen molar-refractivity contribution >= 4 is 11.9 Å². The Bertz CT molecular complexity index is 523. The molecule has 132 valence electrons. The van der Waals surface area contributed by atoms with Gasteiger partial charge in [0, 0.05) is 18.6 Å². The second-order valence-electron chi connectivity index (χ2n) is 6.55. The first-order chi connectivity index (χ1) is 11.6. The lowest BCUT2D eigenvalue weighted by atomic mass is 9.97. The van der Waals surface area contributed by atoms with Gasteiger partial charge in [-0.15, -0.1) is 0 Å². The molecule has 1 aliphatic rings. The minimum absolute atomic E-state index is 0.0218. The molecule has 0 aliphatic carbocycles. The van der Waals surface area contributed by atoms with Gasteiger partial charge in [0.2, 0.25) is 5.91 Å². The van der Waals surface area contributed by atoms with E-state index in [9.17, 15) is 9.59 Å². The van der Waals surface area contributed by atoms with Crippen molar-refractivity contribution in [1.29, 1.82) is 0 Å². The maximum absolute atomic E-state index is 12.1. The van der Waals surface area contributed by atoms with E-state index in [0.717, 1.165) is 18.4 Å². The van der Waals surface area contributed by atoms with E-state index in [-0.39, 0.29) is 24.9 Å². The molecule has 0 bridgehead atoms. The van der Waals surface area contributed by atoms with E-state index in [1.807, 2.05) is 30.3 Å². The summed E-state index contributed by atoms with van der Waals surface area (Å²) >= 11 is 0. The van der Waals surface area contributed by atoms with Crippen LogP contribution in [-0.4, -0.2) is 41.9 Å². The van der Waals surface area contributed by atoms with E-state index in [2.05, 4.69) is 24.1 Å². The zero-order valence-corrected chi connectivity index (χ0v) is 14.7. The molecule has 1 aromatic carbocycles. The van der Waals surface area contributed by atoms with Crippen molar-refractivity contribution in [2.24, 2.45) is 0 Å². The molecule has 2 rings (SSSR count). The maximum Gasteiger partial charge on any atom is 0.307 e. The largest absolute Gasteiger partial charge is 0.461 e. The van der Waals surface area contributed by atoms with Crippen LogP contribution in [0, 0.1) is 0 Å². The van der Waals surface area contributed by atoms with Gasteiger partial charge in [-0.2, -0.15) is 0 Å². The van der Waals surface area contributed by atoms with Gasteiger partial charge < -0.3 is 10.1 Å². The quantitative estimate of drug-likeness (QED) is 0.780. The van der Waals surface area contributed by atoms with E-state index < -0.39 is 0 Å². The minimum Gasteiger partial charge on any atom is -0.461 e. The van der Waals surface area contributed by atoms with E-state index in [0.29, 0.717) is 25.2 Å². The molecular formula is C19H28N2O3. The summed E-state index contributed by atoms with van der Waals surface area (Å²) in [6.07, 6.45) is 3.71. The van der Waals surface area contributed by atoms with Gasteiger partial charge >= 0.3 is 5.97 Å². The first kappa shape index (κ1) is 18.5. The van der Waals surface area contributed by atoms with Crippen LogP contribution in [-0.2, 0) is 20.9 Å². The molecule has 1 N–H and O–H groups in total. The number of esters is 1. The van der Waals surface area contributed by atoms with Gasteiger partial charge in [0.25, 0.3) is 0 Å². The van der Waals surface area contributed by atoms with E-state index in [1.54, 1.807) is 0 Å². The number of amides is 1. The van der Waals surface area contributed by atoms with Crippen LogP contribution in [0.3, 0.4) is 0 Å². The molecular weight excluding hydrogens is 304 g/mol. The third kappa shape index (κ3) is 5.96. The maximum atomic E-state index is 12.1. The molecule has 1 saturated heterocycles. The van der Waals surface area contributed by atoms with Crippen LogP contribution in [0.1, 0.15) is 45.1 Å². The Morgan fingerprint density at radius 3 is 2.50 bits per heavy atom. The zero-order valence-electron chi connectivity index (χ0n) is 14.7. The molecule has 0 radical (unpaired) electrons. The number of hydrogen-bond donors (Lipinski definition) is 1. The summed E-state index contributed by atoms with van der Waals surface area (Å²) in [5, 5.41) is 2.82. The Morgan fingerprint density at radius 1 is 1.17 bits per heavy atom. The molecule has 0 spiro atoms. The molecule has 0 saturated carbocycles. The van der Waals surface area contributed by atoms with E-state index in [4.69, 9.17) is 4.74 Å². The van der Waals surface area contributed by atoms with Crippen molar-refractivity contribution < 1.29 is 14.3 Å². The highest BCUT2D eigenvalue weighted by molar-refractivity contribution is 5.79. The van der Waals surface area contributed by atoms with E-state index in [1.165, 1.54) is 6.42 Å². The highest BCUT2D eigenvalue weighted by Gasteiger charge is 2.26. The summed E-state index contributed by atoms with van der Waals surface area (Å²) in [5.74, 6) is -0.315. The van der Waals surface area contributed by atoms with Crippen LogP contribution in [0.4, 0.5) is 0 Å². The SMILES string of the molecule is CC1CCCC(C)N1CC(=O)NCCC(=O)OCc1ccccc1. The third-order valence-electron chi connectivity index (χ3n) is 4.60. The number of nitrogens with one attached hydrogen (secondary N) is 1. The number of carbonyl (C=O) groups excluding carboxylic acids is 2. The van der Waals surface area contributed by atoms with Gasteiger partial charge in [0.1, 0.15) is 6.61 Å². The Balaban J connectivity index is 1.62. The van der Waals surface area contributed by atoms with Crippen molar-refractivity contribution in [3.63, 3.8) is 0 Å². The average Bonchev–Trinajstić information content (AvgIpc) is 2.57. The highest BCUT2D eigenvalue weighted by Crippen LogP contribution is 2.21. The van der Waals surface area contributed by atoms with Crippen LogP contribution in [0.5, 0.6) is 0 Å². The minimum atomic E-state index is -0.293. The molecule has 1 heterocycles. The van der Waals surface area contributed by atoms with Gasteiger partial charge in [-0.1, -0.05) is 36.8 Å². The summed E-state index contributed by atoms with van der Waals surface area (Å²) in [7, 11) is 0. The first-order valence-electron chi connectivity index (χ1n) is 8.78. The van der Waals surface area contributed by atoms with Gasteiger partial charge in [-0.05, 0) is 32.3 Å². The number of ether oxygens (including phenoxy) is 1. The first-order valence-corrected chi connectivity index (χ1v) is 8.78. The van der Waals surface area contributed by atoms with Crippen LogP contribution in [0.25, 0.3) is 0 Å². The monoisotopic (exact) mass is 332 g/mol. The molecule has 1 aliphatic heterocycles. The number of nitrogens with zero attached hydrogens (tertiary/aromatic N) is 1. The standard InChI is InChI=1S/C19H28N2O3/c1-15-7-6-8-16(2)21(15)13-18(22)20-12-11-19(23)24-14-17-9-4-3-5-10-17/h3-5,9-10,15-16H,6-8,11-14H2,1-2H3,(H,20,22). The Hall–Kier alpha value is -1.88. The molecule has 1 aromatic rings. The highest BCUT2D eigenvalue weighted by atomic mass is 16.5. The Morgan fingerprint density at radius 2 is 1.83 bits per heavy atom. The van der Waals surface area contributed by atoms with Gasteiger partial charge in [0.05, 0.1) is 13.0 Å². The van der Waals surface area contributed by atoms with Crippen molar-refractivity contribution in [2.75, 3.05) is 13.1 Å². The fourth-order valence-electron chi connectivity index (χ4n) is 3.12. The second-order valence-corrected chi connectivity index (χ2v) is 6.55. The van der Waals surface area contributed by atoms with Gasteiger partial charge in [-0.3, -0.25) is 14.5 Å². The average molecular weight is 332 g/mol. The zero-order chi connectivity index (χ0) is 17.4. The van der Waals surface area contributed by atoms with Gasteiger partial charge in [-0.25, -0.2) is 0 Å². The number of hydrogen-bond acceptors (Lipinski definition) is 4. The number of benzene rings is 1. The fraction of sp³-hybridized carbons (Fsp3) is 0.579. The molecule has 1 fully saturated rings. The smallest absolute Gasteiger partial charge is 0.307 e. The second kappa shape index (κ2) is 9.42. The molecule has 1 amide bonds. The fourth-order valence-corrected chi connectivity index (χ4v) is 3.12. The van der Waals surface area contributed by atoms with Crippen molar-refractivity contribution in [2.45, 2.75) is 58.2 Å². The molecule has 2 atom stereocenters. The number of carbonyl (C=O) groups is 2. The molecule has 0 aromatic heterocycles. The normalized spacial score (nSPS) is 21.2. The Labute approximate surface area is 144 Å². The number of rotatable bonds is 7. The molecule has 5 nitrogen and oxygen atoms in total. The Kier molecular flexibility index (Phi) is 7.25. The summed E-state index contributed by atoms with van der Waals surface area (Å²) in [6.45, 7) is 5.34. The predicted octanol–water partition coefficient (Wildman–Crippen LogP) is 2.50. The predicted molar refractivity (Wildman–Crippen MR) is 93.3 cm³/mol. The van der Waals surface area contributed by atoms with Crippen LogP contribution in [0.2, 0.25) is 0 Å². The summed E-state index contributed by atoms with van der Waals surface area (Å²) in [4.78, 5) is 26.0. The van der Waals surface area contributed by atoms with Crippen LogP contribution < -0.4 is 5.32 Å². The number of piperidine rings is 1. The topological polar surface area (TPSA) is 58.6 Å². The lowest BCUT2D eigenvalue weighted by molar-refractivity contribution is -0.144. The number of likely N-dealkylation sites (tertiary alicyclic amines) is 1. The lowest BCUT2D eigenvalue weighted by Crippen LogP contribution is -2.48. The summed E-state index contributed by atoms with van der Waals surface area (Å²) in [5.41, 5.74) is 0.961. The third-order valence-corrected chi connectivity index (χ3v) is 4.60. The summed E-state index contributed by atoms with van der Waals surface area (Å²) in [6, 6.07) is 10.4. The summed E-state index contributed by atoms with van der Waals surface area (Å²) < 4.78 is 5.19. The van der Waals surface area contributed by atoms with Gasteiger partial charge in [0.15, 0.2) is 0 Å². The molecule has 24 heavy (non-hydrogen) atoms. The lowest BCUT2D eigenvalue weighted by Gasteiger charge is -2.38. The van der Waals surface area contributed by atoms with Crippen molar-refractivity contribution in [3.8, 4) is 0 Å². The van der Waals surface area contributed by atoms with Crippen LogP contribution in [0.15, 0.2) is 30.3 Å². The van der Waals surface area contributed by atoms with E-state index >= 15 is 0 Å². The van der Waals surface area contributed by atoms with Crippen molar-refractivity contribution in [1.82, 2.24) is 10.2 Å².